The van der Waals surface area contributed by atoms with E-state index in [0.717, 1.165) is 11.3 Å². The number of para-hydroxylation sites is 1. The van der Waals surface area contributed by atoms with Gasteiger partial charge in [0, 0.05) is 11.8 Å². The predicted molar refractivity (Wildman–Crippen MR) is 135 cm³/mol. The summed E-state index contributed by atoms with van der Waals surface area (Å²) < 4.78 is 13.1. The second-order valence-electron chi connectivity index (χ2n) is 8.13. The van der Waals surface area contributed by atoms with Crippen LogP contribution < -0.4 is 24.9 Å². The zero-order chi connectivity index (χ0) is 24.5. The summed E-state index contributed by atoms with van der Waals surface area (Å²) >= 11 is 1.27. The molecule has 4 aromatic rings. The Labute approximate surface area is 205 Å². The molecule has 1 N–H and O–H groups in total. The molecule has 1 amide bonds. The van der Waals surface area contributed by atoms with Gasteiger partial charge in [-0.15, -0.1) is 0 Å². The fourth-order valence-electron chi connectivity index (χ4n) is 4.12. The van der Waals surface area contributed by atoms with Crippen LogP contribution in [0.1, 0.15) is 30.0 Å². The Bertz CT molecular complexity index is 1630. The molecule has 7 nitrogen and oxygen atoms in total. The van der Waals surface area contributed by atoms with Crippen LogP contribution in [0.25, 0.3) is 6.08 Å². The molecule has 35 heavy (non-hydrogen) atoms. The minimum Gasteiger partial charge on any atom is -0.497 e. The normalized spacial score (nSPS) is 15.5. The smallest absolute Gasteiger partial charge is 0.271 e. The summed E-state index contributed by atoms with van der Waals surface area (Å²) in [7, 11) is 1.58. The molecule has 3 heterocycles. The molecule has 0 bridgehead atoms. The number of amides is 1. The number of aryl methyl sites for hydroxylation is 1. The van der Waals surface area contributed by atoms with Crippen LogP contribution in [0, 0.1) is 6.92 Å². The lowest BCUT2D eigenvalue weighted by molar-refractivity contribution is -0.113. The molecule has 2 aromatic carbocycles. The summed E-state index contributed by atoms with van der Waals surface area (Å²) in [5, 5.41) is 2.95. The van der Waals surface area contributed by atoms with Crippen LogP contribution in [0.15, 0.2) is 92.2 Å². The van der Waals surface area contributed by atoms with Crippen molar-refractivity contribution in [1.82, 2.24) is 4.57 Å². The van der Waals surface area contributed by atoms with Crippen molar-refractivity contribution in [3.05, 3.63) is 115 Å². The summed E-state index contributed by atoms with van der Waals surface area (Å²) in [4.78, 5) is 32.4. The molecule has 0 aliphatic carbocycles. The highest BCUT2D eigenvalue weighted by Crippen LogP contribution is 2.32. The lowest BCUT2D eigenvalue weighted by Crippen LogP contribution is -2.40. The Kier molecular flexibility index (Phi) is 5.96. The molecule has 1 atom stereocenters. The SMILES string of the molecule is COc1cccc([C@@H]2C(C(=O)Nc3ccccc3)=C(C)N=c3s/c(=C\c4ccc(C)o4)c(=O)n32)c1. The number of allylic oxidation sites excluding steroid dienone is 1. The van der Waals surface area contributed by atoms with Gasteiger partial charge in [0.25, 0.3) is 11.5 Å². The zero-order valence-electron chi connectivity index (χ0n) is 19.4. The Morgan fingerprint density at radius 1 is 1.11 bits per heavy atom. The molecule has 5 rings (SSSR count). The van der Waals surface area contributed by atoms with Crippen LogP contribution in [0.4, 0.5) is 5.69 Å². The molecule has 0 radical (unpaired) electrons. The Morgan fingerprint density at radius 2 is 1.91 bits per heavy atom. The van der Waals surface area contributed by atoms with Gasteiger partial charge < -0.3 is 14.5 Å². The Balaban J connectivity index is 1.69. The molecule has 0 unspecified atom stereocenters. The monoisotopic (exact) mass is 485 g/mol. The highest BCUT2D eigenvalue weighted by molar-refractivity contribution is 7.07. The van der Waals surface area contributed by atoms with Crippen molar-refractivity contribution in [2.45, 2.75) is 19.9 Å². The number of ether oxygens (including phenoxy) is 1. The van der Waals surface area contributed by atoms with E-state index in [1.54, 1.807) is 24.7 Å². The predicted octanol–water partition coefficient (Wildman–Crippen LogP) is 3.78. The van der Waals surface area contributed by atoms with Crippen LogP contribution >= 0.6 is 11.3 Å². The largest absolute Gasteiger partial charge is 0.497 e. The van der Waals surface area contributed by atoms with Crippen LogP contribution in [0.3, 0.4) is 0 Å². The Hall–Kier alpha value is -4.17. The minimum absolute atomic E-state index is 0.242. The molecule has 0 saturated heterocycles. The first-order valence-electron chi connectivity index (χ1n) is 11.0. The third kappa shape index (κ3) is 4.36. The van der Waals surface area contributed by atoms with E-state index in [9.17, 15) is 9.59 Å². The Morgan fingerprint density at radius 3 is 2.63 bits per heavy atom. The second kappa shape index (κ2) is 9.23. The number of fused-ring (bicyclic) bond motifs is 1. The van der Waals surface area contributed by atoms with E-state index in [2.05, 4.69) is 10.3 Å². The zero-order valence-corrected chi connectivity index (χ0v) is 20.3. The van der Waals surface area contributed by atoms with Gasteiger partial charge in [-0.05, 0) is 55.8 Å². The first-order valence-corrected chi connectivity index (χ1v) is 11.9. The lowest BCUT2D eigenvalue weighted by atomic mass is 9.95. The van der Waals surface area contributed by atoms with Gasteiger partial charge in [0.1, 0.15) is 17.3 Å². The topological polar surface area (TPSA) is 85.8 Å². The van der Waals surface area contributed by atoms with Gasteiger partial charge in [-0.1, -0.05) is 41.7 Å². The summed E-state index contributed by atoms with van der Waals surface area (Å²) in [5.74, 6) is 1.66. The summed E-state index contributed by atoms with van der Waals surface area (Å²) in [6.45, 7) is 3.64. The van der Waals surface area contributed by atoms with Gasteiger partial charge >= 0.3 is 0 Å². The molecular weight excluding hydrogens is 462 g/mol. The van der Waals surface area contributed by atoms with Crippen LogP contribution in [0.2, 0.25) is 0 Å². The number of hydrogen-bond donors (Lipinski definition) is 1. The van der Waals surface area contributed by atoms with Crippen molar-refractivity contribution in [2.75, 3.05) is 12.4 Å². The molecule has 2 aromatic heterocycles. The average molecular weight is 486 g/mol. The first-order chi connectivity index (χ1) is 16.9. The molecule has 0 spiro atoms. The number of rotatable bonds is 5. The van der Waals surface area contributed by atoms with E-state index in [4.69, 9.17) is 9.15 Å². The van der Waals surface area contributed by atoms with E-state index >= 15 is 0 Å². The van der Waals surface area contributed by atoms with Crippen molar-refractivity contribution in [2.24, 2.45) is 4.99 Å². The second-order valence-corrected chi connectivity index (χ2v) is 9.14. The van der Waals surface area contributed by atoms with Crippen molar-refractivity contribution in [1.29, 1.82) is 0 Å². The van der Waals surface area contributed by atoms with E-state index in [1.165, 1.54) is 11.3 Å². The summed E-state index contributed by atoms with van der Waals surface area (Å²) in [6.07, 6.45) is 1.71. The van der Waals surface area contributed by atoms with Gasteiger partial charge in [-0.2, -0.15) is 0 Å². The number of anilines is 1. The van der Waals surface area contributed by atoms with Crippen LogP contribution in [0.5, 0.6) is 5.75 Å². The van der Waals surface area contributed by atoms with Gasteiger partial charge in [0.05, 0.1) is 29.0 Å². The number of nitrogens with one attached hydrogen (secondary N) is 1. The van der Waals surface area contributed by atoms with E-state index in [-0.39, 0.29) is 11.5 Å². The number of methoxy groups -OCH3 is 1. The maximum Gasteiger partial charge on any atom is 0.271 e. The number of aromatic nitrogens is 1. The van der Waals surface area contributed by atoms with Crippen molar-refractivity contribution in [3.8, 4) is 5.75 Å². The average Bonchev–Trinajstić information content (AvgIpc) is 3.40. The minimum atomic E-state index is -0.675. The van der Waals surface area contributed by atoms with Crippen LogP contribution in [-0.2, 0) is 4.79 Å². The molecular formula is C27H23N3O4S. The maximum atomic E-state index is 13.7. The number of thiazole rings is 1. The number of benzene rings is 2. The van der Waals surface area contributed by atoms with Crippen molar-refractivity contribution in [3.63, 3.8) is 0 Å². The fraction of sp³-hybridized carbons (Fsp3) is 0.148. The van der Waals surface area contributed by atoms with Crippen LogP contribution in [-0.4, -0.2) is 17.6 Å². The fourth-order valence-corrected chi connectivity index (χ4v) is 5.15. The molecule has 0 fully saturated rings. The summed E-state index contributed by atoms with van der Waals surface area (Å²) in [6, 6.07) is 19.6. The van der Waals surface area contributed by atoms with Gasteiger partial charge in [-0.25, -0.2) is 4.99 Å². The molecule has 1 aliphatic heterocycles. The number of carbonyl (C=O) groups excluding carboxylic acids is 1. The molecule has 8 heteroatoms. The molecule has 1 aliphatic rings. The van der Waals surface area contributed by atoms with Crippen molar-refractivity contribution < 1.29 is 13.9 Å². The maximum absolute atomic E-state index is 13.7. The van der Waals surface area contributed by atoms with E-state index in [0.29, 0.717) is 37.8 Å². The number of furan rings is 1. The number of nitrogens with zero attached hydrogens (tertiary/aromatic N) is 2. The van der Waals surface area contributed by atoms with E-state index < -0.39 is 6.04 Å². The summed E-state index contributed by atoms with van der Waals surface area (Å²) in [5.41, 5.74) is 2.11. The van der Waals surface area contributed by atoms with E-state index in [1.807, 2.05) is 73.7 Å². The molecule has 0 saturated carbocycles. The quantitative estimate of drug-likeness (QED) is 0.466. The highest BCUT2D eigenvalue weighted by atomic mass is 32.1. The number of hydrogen-bond acceptors (Lipinski definition) is 6. The van der Waals surface area contributed by atoms with Gasteiger partial charge in [0.2, 0.25) is 0 Å². The first kappa shape index (κ1) is 22.6. The van der Waals surface area contributed by atoms with Gasteiger partial charge in [0.15, 0.2) is 4.80 Å². The highest BCUT2D eigenvalue weighted by Gasteiger charge is 2.32. The number of carbonyl (C=O) groups is 1. The lowest BCUT2D eigenvalue weighted by Gasteiger charge is -2.25. The molecule has 176 valence electrons. The van der Waals surface area contributed by atoms with Gasteiger partial charge in [-0.3, -0.25) is 14.2 Å². The third-order valence-corrected chi connectivity index (χ3v) is 6.72. The third-order valence-electron chi connectivity index (χ3n) is 5.74. The standard InChI is InChI=1S/C27H23N3O4S/c1-16-12-13-21(34-16)15-22-26(32)30-24(18-8-7-11-20(14-18)33-3)23(17(2)28-27(30)35-22)25(31)29-19-9-5-4-6-10-19/h4-15,24H,1-3H3,(H,29,31)/b22-15-/t24-/m1/s1. The van der Waals surface area contributed by atoms with Crippen molar-refractivity contribution >= 4 is 29.0 Å².